The molecule has 1 heterocycles. The zero-order chi connectivity index (χ0) is 20.9. The SMILES string of the molecule is Cc1cc(OCc2c(C)c(C)c(C)c(C)c2C)c2c3c(c(=O)oc2c1)CCCC3. The Balaban J connectivity index is 1.83. The maximum absolute atomic E-state index is 12.5. The van der Waals surface area contributed by atoms with Crippen molar-refractivity contribution in [2.24, 2.45) is 0 Å². The third kappa shape index (κ3) is 3.27. The lowest BCUT2D eigenvalue weighted by Gasteiger charge is -2.21. The molecule has 1 aromatic heterocycles. The monoisotopic (exact) mass is 390 g/mol. The molecule has 0 saturated carbocycles. The van der Waals surface area contributed by atoms with Gasteiger partial charge in [-0.25, -0.2) is 4.79 Å². The second-order valence-electron chi connectivity index (χ2n) is 8.58. The van der Waals surface area contributed by atoms with Crippen LogP contribution in [-0.4, -0.2) is 0 Å². The Hall–Kier alpha value is -2.55. The molecule has 0 atom stereocenters. The standard InChI is InChI=1S/C26H30O3/c1-14-11-23(28-13-22-18(5)16(3)15(2)17(4)19(22)6)25-20-9-7-8-10-21(20)26(27)29-24(25)12-14/h11-12H,7-10,13H2,1-6H3. The average molecular weight is 391 g/mol. The van der Waals surface area contributed by atoms with Crippen LogP contribution < -0.4 is 10.4 Å². The van der Waals surface area contributed by atoms with E-state index in [1.165, 1.54) is 33.4 Å². The summed E-state index contributed by atoms with van der Waals surface area (Å²) in [6.45, 7) is 13.5. The van der Waals surface area contributed by atoms with Crippen molar-refractivity contribution in [2.45, 2.75) is 73.8 Å². The van der Waals surface area contributed by atoms with E-state index in [9.17, 15) is 4.79 Å². The molecule has 0 bridgehead atoms. The maximum atomic E-state index is 12.5. The van der Waals surface area contributed by atoms with Gasteiger partial charge >= 0.3 is 5.63 Å². The lowest BCUT2D eigenvalue weighted by atomic mass is 9.89. The fourth-order valence-electron chi connectivity index (χ4n) is 4.72. The van der Waals surface area contributed by atoms with Gasteiger partial charge in [0, 0.05) is 5.56 Å². The minimum atomic E-state index is -0.180. The van der Waals surface area contributed by atoms with Gasteiger partial charge in [0.05, 0.1) is 5.39 Å². The third-order valence-electron chi connectivity index (χ3n) is 6.96. The zero-order valence-electron chi connectivity index (χ0n) is 18.4. The normalized spacial score (nSPS) is 13.6. The molecule has 3 heteroatoms. The van der Waals surface area contributed by atoms with Crippen LogP contribution in [0.5, 0.6) is 5.75 Å². The van der Waals surface area contributed by atoms with Gasteiger partial charge in [-0.15, -0.1) is 0 Å². The summed E-state index contributed by atoms with van der Waals surface area (Å²) in [5.41, 5.74) is 11.4. The maximum Gasteiger partial charge on any atom is 0.339 e. The molecular weight excluding hydrogens is 360 g/mol. The summed E-state index contributed by atoms with van der Waals surface area (Å²) in [5.74, 6) is 0.830. The summed E-state index contributed by atoms with van der Waals surface area (Å²) in [7, 11) is 0. The zero-order valence-corrected chi connectivity index (χ0v) is 18.4. The number of ether oxygens (including phenoxy) is 1. The van der Waals surface area contributed by atoms with Crippen LogP contribution >= 0.6 is 0 Å². The molecule has 3 nitrogen and oxygen atoms in total. The molecule has 1 aliphatic carbocycles. The average Bonchev–Trinajstić information content (AvgIpc) is 2.70. The van der Waals surface area contributed by atoms with E-state index < -0.39 is 0 Å². The van der Waals surface area contributed by atoms with Crippen LogP contribution in [0.2, 0.25) is 0 Å². The number of hydrogen-bond acceptors (Lipinski definition) is 3. The predicted molar refractivity (Wildman–Crippen MR) is 118 cm³/mol. The van der Waals surface area contributed by atoms with Crippen molar-refractivity contribution < 1.29 is 9.15 Å². The summed E-state index contributed by atoms with van der Waals surface area (Å²) in [4.78, 5) is 12.5. The van der Waals surface area contributed by atoms with Crippen LogP contribution in [0, 0.1) is 41.5 Å². The molecule has 0 unspecified atom stereocenters. The van der Waals surface area contributed by atoms with Crippen molar-refractivity contribution in [1.29, 1.82) is 0 Å². The van der Waals surface area contributed by atoms with Gasteiger partial charge in [0.1, 0.15) is 17.9 Å². The lowest BCUT2D eigenvalue weighted by molar-refractivity contribution is 0.307. The Kier molecular flexibility index (Phi) is 5.02. The van der Waals surface area contributed by atoms with E-state index in [1.807, 2.05) is 13.0 Å². The fraction of sp³-hybridized carbons (Fsp3) is 0.423. The van der Waals surface area contributed by atoms with Gasteiger partial charge in [-0.1, -0.05) is 0 Å². The van der Waals surface area contributed by atoms with Gasteiger partial charge in [0.25, 0.3) is 0 Å². The number of benzene rings is 2. The van der Waals surface area contributed by atoms with Crippen molar-refractivity contribution in [3.05, 3.63) is 72.6 Å². The molecule has 29 heavy (non-hydrogen) atoms. The van der Waals surface area contributed by atoms with Gasteiger partial charge in [-0.2, -0.15) is 0 Å². The first-order valence-electron chi connectivity index (χ1n) is 10.6. The molecular formula is C26H30O3. The topological polar surface area (TPSA) is 39.4 Å². The van der Waals surface area contributed by atoms with Crippen LogP contribution in [0.25, 0.3) is 11.0 Å². The lowest BCUT2D eigenvalue weighted by Crippen LogP contribution is -2.16. The second-order valence-corrected chi connectivity index (χ2v) is 8.58. The van der Waals surface area contributed by atoms with Crippen LogP contribution in [0.4, 0.5) is 0 Å². The van der Waals surface area contributed by atoms with Crippen molar-refractivity contribution in [3.8, 4) is 5.75 Å². The van der Waals surface area contributed by atoms with Crippen LogP contribution in [0.1, 0.15) is 62.9 Å². The molecule has 0 fully saturated rings. The Morgan fingerprint density at radius 2 is 1.41 bits per heavy atom. The Morgan fingerprint density at radius 3 is 2.07 bits per heavy atom. The molecule has 1 aliphatic rings. The largest absolute Gasteiger partial charge is 0.488 e. The Labute approximate surface area is 172 Å². The Bertz CT molecular complexity index is 1150. The van der Waals surface area contributed by atoms with E-state index in [0.29, 0.717) is 12.2 Å². The van der Waals surface area contributed by atoms with Crippen molar-refractivity contribution >= 4 is 11.0 Å². The molecule has 0 aliphatic heterocycles. The molecule has 0 N–H and O–H groups in total. The van der Waals surface area contributed by atoms with Crippen molar-refractivity contribution in [1.82, 2.24) is 0 Å². The predicted octanol–water partition coefficient (Wildman–Crippen LogP) is 6.10. The molecule has 152 valence electrons. The molecule has 0 saturated heterocycles. The molecule has 0 spiro atoms. The minimum Gasteiger partial charge on any atom is -0.488 e. The molecule has 3 aromatic rings. The van der Waals surface area contributed by atoms with E-state index in [0.717, 1.165) is 53.5 Å². The van der Waals surface area contributed by atoms with E-state index in [-0.39, 0.29) is 5.63 Å². The van der Waals surface area contributed by atoms with E-state index >= 15 is 0 Å². The van der Waals surface area contributed by atoms with E-state index in [2.05, 4.69) is 40.7 Å². The van der Waals surface area contributed by atoms with E-state index in [1.54, 1.807) is 0 Å². The summed E-state index contributed by atoms with van der Waals surface area (Å²) < 4.78 is 12.1. The molecule has 0 radical (unpaired) electrons. The minimum absolute atomic E-state index is 0.180. The number of hydrogen-bond donors (Lipinski definition) is 0. The van der Waals surface area contributed by atoms with Gasteiger partial charge in [0.15, 0.2) is 0 Å². The van der Waals surface area contributed by atoms with Gasteiger partial charge in [0.2, 0.25) is 0 Å². The molecule has 2 aromatic carbocycles. The summed E-state index contributed by atoms with van der Waals surface area (Å²) in [6, 6.07) is 4.03. The quantitative estimate of drug-likeness (QED) is 0.507. The first kappa shape index (κ1) is 19.8. The number of aryl methyl sites for hydroxylation is 2. The van der Waals surface area contributed by atoms with Gasteiger partial charge in [-0.05, 0) is 124 Å². The van der Waals surface area contributed by atoms with Crippen LogP contribution in [-0.2, 0) is 19.4 Å². The highest BCUT2D eigenvalue weighted by molar-refractivity contribution is 5.88. The first-order valence-corrected chi connectivity index (χ1v) is 10.6. The van der Waals surface area contributed by atoms with Crippen molar-refractivity contribution in [2.75, 3.05) is 0 Å². The summed E-state index contributed by atoms with van der Waals surface area (Å²) >= 11 is 0. The highest BCUT2D eigenvalue weighted by atomic mass is 16.5. The highest BCUT2D eigenvalue weighted by Crippen LogP contribution is 2.35. The third-order valence-corrected chi connectivity index (χ3v) is 6.96. The number of fused-ring (bicyclic) bond motifs is 3. The van der Waals surface area contributed by atoms with Crippen LogP contribution in [0.15, 0.2) is 21.3 Å². The smallest absolute Gasteiger partial charge is 0.339 e. The fourth-order valence-corrected chi connectivity index (χ4v) is 4.72. The highest BCUT2D eigenvalue weighted by Gasteiger charge is 2.21. The summed E-state index contributed by atoms with van der Waals surface area (Å²) in [6.07, 6.45) is 3.87. The van der Waals surface area contributed by atoms with E-state index in [4.69, 9.17) is 9.15 Å². The van der Waals surface area contributed by atoms with Crippen molar-refractivity contribution in [3.63, 3.8) is 0 Å². The molecule has 4 rings (SSSR count). The number of rotatable bonds is 3. The second kappa shape index (κ2) is 7.37. The Morgan fingerprint density at radius 1 is 0.828 bits per heavy atom. The van der Waals surface area contributed by atoms with Gasteiger partial charge < -0.3 is 9.15 Å². The van der Waals surface area contributed by atoms with Crippen LogP contribution in [0.3, 0.4) is 0 Å². The first-order chi connectivity index (χ1) is 13.8. The summed E-state index contributed by atoms with van der Waals surface area (Å²) in [5, 5.41) is 0.987. The van der Waals surface area contributed by atoms with Gasteiger partial charge in [-0.3, -0.25) is 0 Å². The molecule has 0 amide bonds.